The molecule has 0 radical (unpaired) electrons. The molecule has 1 aliphatic rings. The molecule has 1 aromatic carbocycles. The minimum atomic E-state index is 0.111. The molecule has 0 spiro atoms. The summed E-state index contributed by atoms with van der Waals surface area (Å²) in [6, 6.07) is 10.9. The Labute approximate surface area is 109 Å². The van der Waals surface area contributed by atoms with Crippen molar-refractivity contribution in [1.82, 2.24) is 5.32 Å². The monoisotopic (exact) mass is 249 g/mol. The van der Waals surface area contributed by atoms with Gasteiger partial charge in [-0.2, -0.15) is 0 Å². The van der Waals surface area contributed by atoms with Crippen molar-refractivity contribution in [1.29, 1.82) is 0 Å². The maximum Gasteiger partial charge on any atom is 0.0954 e. The number of nitrogens with one attached hydrogen (secondary N) is 1. The highest BCUT2D eigenvalue weighted by atomic mass is 16.6. The van der Waals surface area contributed by atoms with Gasteiger partial charge in [-0.05, 0) is 12.0 Å². The summed E-state index contributed by atoms with van der Waals surface area (Å²) in [5.74, 6) is 0. The van der Waals surface area contributed by atoms with Crippen molar-refractivity contribution in [3.63, 3.8) is 0 Å². The Morgan fingerprint density at radius 2 is 2.11 bits per heavy atom. The first-order valence-electron chi connectivity index (χ1n) is 6.77. The van der Waals surface area contributed by atoms with E-state index < -0.39 is 0 Å². The van der Waals surface area contributed by atoms with E-state index in [0.29, 0.717) is 6.04 Å². The zero-order valence-electron chi connectivity index (χ0n) is 11.3. The molecule has 0 amide bonds. The fourth-order valence-electron chi connectivity index (χ4n) is 2.11. The van der Waals surface area contributed by atoms with Crippen LogP contribution in [0.2, 0.25) is 0 Å². The van der Waals surface area contributed by atoms with Crippen LogP contribution in [0.15, 0.2) is 30.3 Å². The Morgan fingerprint density at radius 1 is 1.33 bits per heavy atom. The molecule has 100 valence electrons. The van der Waals surface area contributed by atoms with Gasteiger partial charge in [-0.15, -0.1) is 0 Å². The van der Waals surface area contributed by atoms with Crippen LogP contribution in [0.3, 0.4) is 0 Å². The van der Waals surface area contributed by atoms with E-state index in [4.69, 9.17) is 9.47 Å². The highest BCUT2D eigenvalue weighted by Gasteiger charge is 2.22. The van der Waals surface area contributed by atoms with Gasteiger partial charge in [0.1, 0.15) is 0 Å². The number of hydrogen-bond acceptors (Lipinski definition) is 3. The van der Waals surface area contributed by atoms with Crippen LogP contribution in [0.4, 0.5) is 0 Å². The lowest BCUT2D eigenvalue weighted by atomic mass is 10.1. The highest BCUT2D eigenvalue weighted by molar-refractivity contribution is 5.18. The van der Waals surface area contributed by atoms with E-state index in [2.05, 4.69) is 43.4 Å². The van der Waals surface area contributed by atoms with Crippen molar-refractivity contribution in [3.8, 4) is 0 Å². The Bertz CT molecular complexity index is 334. The maximum atomic E-state index is 6.16. The van der Waals surface area contributed by atoms with E-state index in [-0.39, 0.29) is 12.2 Å². The molecule has 1 fully saturated rings. The summed E-state index contributed by atoms with van der Waals surface area (Å²) in [6.07, 6.45) is 1.36. The van der Waals surface area contributed by atoms with Gasteiger partial charge in [0.15, 0.2) is 0 Å². The molecule has 0 bridgehead atoms. The Hall–Kier alpha value is -0.900. The van der Waals surface area contributed by atoms with Crippen LogP contribution < -0.4 is 5.32 Å². The van der Waals surface area contributed by atoms with Crippen LogP contribution in [-0.2, 0) is 9.47 Å². The Kier molecular flexibility index (Phi) is 5.17. The summed E-state index contributed by atoms with van der Waals surface area (Å²) in [7, 11) is 0. The molecule has 1 aromatic rings. The zero-order valence-corrected chi connectivity index (χ0v) is 11.3. The number of rotatable bonds is 6. The number of benzene rings is 1. The van der Waals surface area contributed by atoms with Crippen molar-refractivity contribution >= 4 is 0 Å². The highest BCUT2D eigenvalue weighted by Crippen LogP contribution is 2.21. The molecule has 1 aliphatic heterocycles. The second-order valence-corrected chi connectivity index (χ2v) is 5.08. The third-order valence-electron chi connectivity index (χ3n) is 3.13. The van der Waals surface area contributed by atoms with E-state index >= 15 is 0 Å². The van der Waals surface area contributed by atoms with Crippen molar-refractivity contribution < 1.29 is 9.47 Å². The first-order valence-corrected chi connectivity index (χ1v) is 6.77. The molecule has 2 unspecified atom stereocenters. The normalized spacial score (nSPS) is 21.4. The largest absolute Gasteiger partial charge is 0.379 e. The van der Waals surface area contributed by atoms with Gasteiger partial charge in [0, 0.05) is 19.2 Å². The van der Waals surface area contributed by atoms with Gasteiger partial charge < -0.3 is 14.8 Å². The fraction of sp³-hybridized carbons (Fsp3) is 0.600. The molecular weight excluding hydrogens is 226 g/mol. The van der Waals surface area contributed by atoms with Crippen LogP contribution in [-0.4, -0.2) is 31.9 Å². The lowest BCUT2D eigenvalue weighted by Gasteiger charge is -2.23. The van der Waals surface area contributed by atoms with Crippen LogP contribution >= 0.6 is 0 Å². The summed E-state index contributed by atoms with van der Waals surface area (Å²) in [4.78, 5) is 0. The minimum absolute atomic E-state index is 0.111. The van der Waals surface area contributed by atoms with Crippen LogP contribution in [0, 0.1) is 0 Å². The maximum absolute atomic E-state index is 6.16. The summed E-state index contributed by atoms with van der Waals surface area (Å²) in [5.41, 5.74) is 1.23. The van der Waals surface area contributed by atoms with E-state index in [0.717, 1.165) is 26.2 Å². The Balaban J connectivity index is 1.97. The molecule has 3 heteroatoms. The van der Waals surface area contributed by atoms with Crippen molar-refractivity contribution in [2.45, 2.75) is 38.5 Å². The molecule has 0 aromatic heterocycles. The topological polar surface area (TPSA) is 30.5 Å². The van der Waals surface area contributed by atoms with Gasteiger partial charge in [0.2, 0.25) is 0 Å². The lowest BCUT2D eigenvalue weighted by Crippen LogP contribution is -2.31. The summed E-state index contributed by atoms with van der Waals surface area (Å²) in [5, 5.41) is 3.45. The summed E-state index contributed by atoms with van der Waals surface area (Å²) in [6.45, 7) is 6.70. The molecule has 2 rings (SSSR count). The third-order valence-corrected chi connectivity index (χ3v) is 3.13. The smallest absolute Gasteiger partial charge is 0.0954 e. The average molecular weight is 249 g/mol. The fourth-order valence-corrected chi connectivity index (χ4v) is 2.11. The van der Waals surface area contributed by atoms with Crippen molar-refractivity contribution in [2.24, 2.45) is 0 Å². The molecule has 3 nitrogen and oxygen atoms in total. The molecule has 1 saturated heterocycles. The second kappa shape index (κ2) is 6.88. The van der Waals surface area contributed by atoms with Crippen LogP contribution in [0.1, 0.15) is 31.9 Å². The number of ether oxygens (including phenoxy) is 2. The molecule has 0 aliphatic carbocycles. The van der Waals surface area contributed by atoms with Crippen molar-refractivity contribution in [2.75, 3.05) is 19.8 Å². The Morgan fingerprint density at radius 3 is 2.72 bits per heavy atom. The average Bonchev–Trinajstić information content (AvgIpc) is 2.88. The first-order chi connectivity index (χ1) is 8.75. The van der Waals surface area contributed by atoms with Gasteiger partial charge in [-0.1, -0.05) is 44.2 Å². The standard InChI is InChI=1S/C15H23NO2/c1-12(2)16-10-15(13-6-4-3-5-7-13)18-14-8-9-17-11-14/h3-7,12,14-16H,8-11H2,1-2H3. The summed E-state index contributed by atoms with van der Waals surface area (Å²) < 4.78 is 11.5. The molecule has 2 atom stereocenters. The van der Waals surface area contributed by atoms with E-state index in [1.807, 2.05) is 6.07 Å². The van der Waals surface area contributed by atoms with Crippen LogP contribution in [0.25, 0.3) is 0 Å². The quantitative estimate of drug-likeness (QED) is 0.840. The molecule has 1 N–H and O–H groups in total. The number of hydrogen-bond donors (Lipinski definition) is 1. The van der Waals surface area contributed by atoms with Gasteiger partial charge >= 0.3 is 0 Å². The van der Waals surface area contributed by atoms with Gasteiger partial charge in [-0.25, -0.2) is 0 Å². The predicted octanol–water partition coefficient (Wildman–Crippen LogP) is 2.53. The van der Waals surface area contributed by atoms with E-state index in [1.54, 1.807) is 0 Å². The summed E-state index contributed by atoms with van der Waals surface area (Å²) >= 11 is 0. The SMILES string of the molecule is CC(C)NCC(OC1CCOC1)c1ccccc1. The molecular formula is C15H23NO2. The van der Waals surface area contributed by atoms with Crippen LogP contribution in [0.5, 0.6) is 0 Å². The van der Waals surface area contributed by atoms with Gasteiger partial charge in [0.25, 0.3) is 0 Å². The molecule has 0 saturated carbocycles. The van der Waals surface area contributed by atoms with E-state index in [9.17, 15) is 0 Å². The van der Waals surface area contributed by atoms with E-state index in [1.165, 1.54) is 5.56 Å². The van der Waals surface area contributed by atoms with Gasteiger partial charge in [-0.3, -0.25) is 0 Å². The minimum Gasteiger partial charge on any atom is -0.379 e. The first kappa shape index (κ1) is 13.5. The molecule has 1 heterocycles. The third kappa shape index (κ3) is 4.09. The van der Waals surface area contributed by atoms with Crippen molar-refractivity contribution in [3.05, 3.63) is 35.9 Å². The predicted molar refractivity (Wildman–Crippen MR) is 72.6 cm³/mol. The molecule has 18 heavy (non-hydrogen) atoms. The zero-order chi connectivity index (χ0) is 12.8. The van der Waals surface area contributed by atoms with Gasteiger partial charge in [0.05, 0.1) is 18.8 Å². The lowest BCUT2D eigenvalue weighted by molar-refractivity contribution is -0.0172. The second-order valence-electron chi connectivity index (χ2n) is 5.08.